The number of hydrogen-bond acceptors (Lipinski definition) is 4. The van der Waals surface area contributed by atoms with Crippen LogP contribution in [0.25, 0.3) is 0 Å². The lowest BCUT2D eigenvalue weighted by molar-refractivity contribution is 0.0917. The van der Waals surface area contributed by atoms with E-state index in [0.717, 1.165) is 42.8 Å². The van der Waals surface area contributed by atoms with E-state index in [2.05, 4.69) is 22.0 Å². The Morgan fingerprint density at radius 1 is 1.16 bits per heavy atom. The van der Waals surface area contributed by atoms with Gasteiger partial charge in [-0.2, -0.15) is 0 Å². The molecule has 1 saturated carbocycles. The van der Waals surface area contributed by atoms with Crippen molar-refractivity contribution in [3.63, 3.8) is 0 Å². The Hall–Kier alpha value is -2.27. The van der Waals surface area contributed by atoms with Crippen LogP contribution in [0.5, 0.6) is 0 Å². The van der Waals surface area contributed by atoms with Gasteiger partial charge in [0.05, 0.1) is 12.3 Å². The second-order valence-corrected chi connectivity index (χ2v) is 7.43. The van der Waals surface area contributed by atoms with Gasteiger partial charge in [-0.15, -0.1) is 0 Å². The van der Waals surface area contributed by atoms with Crippen LogP contribution in [0, 0.1) is 5.92 Å². The Labute approximate surface area is 147 Å². The molecule has 0 radical (unpaired) electrons. The third-order valence-electron chi connectivity index (χ3n) is 5.95. The second-order valence-electron chi connectivity index (χ2n) is 7.43. The minimum atomic E-state index is 0.0511. The number of amides is 1. The Bertz CT molecular complexity index is 782. The van der Waals surface area contributed by atoms with E-state index in [-0.39, 0.29) is 18.0 Å². The molecule has 3 aliphatic rings. The summed E-state index contributed by atoms with van der Waals surface area (Å²) in [6.45, 7) is 0.992. The maximum absolute atomic E-state index is 12.5. The van der Waals surface area contributed by atoms with Gasteiger partial charge in [-0.3, -0.25) is 4.79 Å². The fourth-order valence-electron chi connectivity index (χ4n) is 4.36. The minimum absolute atomic E-state index is 0.0511. The summed E-state index contributed by atoms with van der Waals surface area (Å²) in [5.74, 6) is 1.47. The van der Waals surface area contributed by atoms with E-state index in [4.69, 9.17) is 4.42 Å². The van der Waals surface area contributed by atoms with Crippen LogP contribution < -0.4 is 16.0 Å². The maximum atomic E-state index is 12.5. The number of carbonyl (C=O) groups excluding carboxylic acids is 1. The molecule has 5 nitrogen and oxygen atoms in total. The van der Waals surface area contributed by atoms with E-state index in [1.807, 2.05) is 24.3 Å². The van der Waals surface area contributed by atoms with Gasteiger partial charge in [-0.1, -0.05) is 0 Å². The van der Waals surface area contributed by atoms with Crippen LogP contribution in [0.1, 0.15) is 59.4 Å². The number of hydrogen-bond donors (Lipinski definition) is 3. The van der Waals surface area contributed by atoms with Crippen LogP contribution in [0.2, 0.25) is 0 Å². The summed E-state index contributed by atoms with van der Waals surface area (Å²) >= 11 is 0. The standard InChI is InChI=1S/C20H23N3O2/c24-20(22-13-3-1-4-13)12-6-7-16-15(11-12)18-14(8-9-21-18)19(23-16)17-5-2-10-25-17/h2,5-7,10-11,13-14,18-19,21,23H,1,3-4,8-9H2,(H,22,24). The number of benzene rings is 1. The summed E-state index contributed by atoms with van der Waals surface area (Å²) in [7, 11) is 0. The molecule has 2 aromatic rings. The molecular weight excluding hydrogens is 314 g/mol. The number of fused-ring (bicyclic) bond motifs is 3. The van der Waals surface area contributed by atoms with E-state index in [9.17, 15) is 4.79 Å². The Morgan fingerprint density at radius 3 is 2.84 bits per heavy atom. The molecule has 1 aliphatic carbocycles. The highest BCUT2D eigenvalue weighted by molar-refractivity contribution is 5.95. The van der Waals surface area contributed by atoms with Gasteiger partial charge < -0.3 is 20.4 Å². The molecule has 2 fully saturated rings. The zero-order valence-corrected chi connectivity index (χ0v) is 14.1. The first-order valence-electron chi connectivity index (χ1n) is 9.28. The number of rotatable bonds is 3. The quantitative estimate of drug-likeness (QED) is 0.803. The van der Waals surface area contributed by atoms with Crippen molar-refractivity contribution in [1.82, 2.24) is 10.6 Å². The average Bonchev–Trinajstić information content (AvgIpc) is 3.28. The van der Waals surface area contributed by atoms with E-state index < -0.39 is 0 Å². The van der Waals surface area contributed by atoms with Crippen LogP contribution in [0.15, 0.2) is 41.0 Å². The zero-order chi connectivity index (χ0) is 16.8. The minimum Gasteiger partial charge on any atom is -0.467 e. The van der Waals surface area contributed by atoms with Crippen molar-refractivity contribution in [2.75, 3.05) is 11.9 Å². The predicted molar refractivity (Wildman–Crippen MR) is 95.5 cm³/mol. The van der Waals surface area contributed by atoms with Crippen LogP contribution in [-0.2, 0) is 0 Å². The van der Waals surface area contributed by atoms with Gasteiger partial charge in [-0.25, -0.2) is 0 Å². The molecule has 1 amide bonds. The van der Waals surface area contributed by atoms with Crippen molar-refractivity contribution < 1.29 is 9.21 Å². The lowest BCUT2D eigenvalue weighted by Crippen LogP contribution is -2.39. The first kappa shape index (κ1) is 15.0. The predicted octanol–water partition coefficient (Wildman–Crippen LogP) is 3.38. The van der Waals surface area contributed by atoms with Crippen LogP contribution in [-0.4, -0.2) is 18.5 Å². The summed E-state index contributed by atoms with van der Waals surface area (Å²) < 4.78 is 5.67. The van der Waals surface area contributed by atoms with Crippen LogP contribution >= 0.6 is 0 Å². The largest absolute Gasteiger partial charge is 0.467 e. The summed E-state index contributed by atoms with van der Waals surface area (Å²) in [5, 5.41) is 10.4. The third-order valence-corrected chi connectivity index (χ3v) is 5.95. The van der Waals surface area contributed by atoms with Gasteiger partial charge in [0.2, 0.25) is 0 Å². The van der Waals surface area contributed by atoms with E-state index >= 15 is 0 Å². The molecular formula is C20H23N3O2. The van der Waals surface area contributed by atoms with Crippen molar-refractivity contribution in [3.05, 3.63) is 53.5 Å². The lowest BCUT2D eigenvalue weighted by atomic mass is 9.81. The molecule has 1 aromatic heterocycles. The molecule has 2 aliphatic heterocycles. The molecule has 3 heterocycles. The van der Waals surface area contributed by atoms with Crippen molar-refractivity contribution in [3.8, 4) is 0 Å². The molecule has 1 aromatic carbocycles. The van der Waals surface area contributed by atoms with Crippen molar-refractivity contribution in [2.45, 2.75) is 43.8 Å². The molecule has 5 rings (SSSR count). The van der Waals surface area contributed by atoms with Gasteiger partial charge in [0.15, 0.2) is 0 Å². The van der Waals surface area contributed by atoms with Gasteiger partial charge in [0.1, 0.15) is 5.76 Å². The maximum Gasteiger partial charge on any atom is 0.251 e. The SMILES string of the molecule is O=C(NC1CCC1)c1ccc2c(c1)C1NCCC1C(c1ccco1)N2. The third kappa shape index (κ3) is 2.54. The normalized spacial score (nSPS) is 27.8. The monoisotopic (exact) mass is 337 g/mol. The zero-order valence-electron chi connectivity index (χ0n) is 14.1. The first-order chi connectivity index (χ1) is 12.3. The van der Waals surface area contributed by atoms with E-state index in [1.165, 1.54) is 12.0 Å². The second kappa shape index (κ2) is 5.92. The average molecular weight is 337 g/mol. The highest BCUT2D eigenvalue weighted by Crippen LogP contribution is 2.47. The Morgan fingerprint density at radius 2 is 2.08 bits per heavy atom. The van der Waals surface area contributed by atoms with E-state index in [1.54, 1.807) is 6.26 Å². The van der Waals surface area contributed by atoms with Crippen molar-refractivity contribution in [1.29, 1.82) is 0 Å². The molecule has 130 valence electrons. The molecule has 0 spiro atoms. The number of nitrogens with one attached hydrogen (secondary N) is 3. The smallest absolute Gasteiger partial charge is 0.251 e. The van der Waals surface area contributed by atoms with Gasteiger partial charge in [0.25, 0.3) is 5.91 Å². The molecule has 25 heavy (non-hydrogen) atoms. The van der Waals surface area contributed by atoms with Gasteiger partial charge in [-0.05, 0) is 68.1 Å². The van der Waals surface area contributed by atoms with Gasteiger partial charge in [0, 0.05) is 29.3 Å². The van der Waals surface area contributed by atoms with Crippen molar-refractivity contribution in [2.24, 2.45) is 5.92 Å². The number of furan rings is 1. The lowest BCUT2D eigenvalue weighted by Gasteiger charge is -2.36. The highest BCUT2D eigenvalue weighted by atomic mass is 16.3. The fraction of sp³-hybridized carbons (Fsp3) is 0.450. The van der Waals surface area contributed by atoms with Crippen molar-refractivity contribution >= 4 is 11.6 Å². The molecule has 3 N–H and O–H groups in total. The topological polar surface area (TPSA) is 66.3 Å². The number of carbonyl (C=O) groups is 1. The molecule has 3 unspecified atom stereocenters. The summed E-state index contributed by atoms with van der Waals surface area (Å²) in [6.07, 6.45) is 6.27. The Kier molecular flexibility index (Phi) is 3.55. The molecule has 1 saturated heterocycles. The summed E-state index contributed by atoms with van der Waals surface area (Å²) in [6, 6.07) is 10.8. The molecule has 3 atom stereocenters. The molecule has 5 heteroatoms. The first-order valence-corrected chi connectivity index (χ1v) is 9.28. The molecule has 0 bridgehead atoms. The number of anilines is 1. The van der Waals surface area contributed by atoms with Crippen LogP contribution in [0.4, 0.5) is 5.69 Å². The fourth-order valence-corrected chi connectivity index (χ4v) is 4.36. The van der Waals surface area contributed by atoms with Crippen LogP contribution in [0.3, 0.4) is 0 Å². The Balaban J connectivity index is 1.45. The summed E-state index contributed by atoms with van der Waals surface area (Å²) in [4.78, 5) is 12.5. The summed E-state index contributed by atoms with van der Waals surface area (Å²) in [5.41, 5.74) is 3.06. The van der Waals surface area contributed by atoms with Gasteiger partial charge >= 0.3 is 0 Å². The van der Waals surface area contributed by atoms with E-state index in [0.29, 0.717) is 12.0 Å². The highest BCUT2D eigenvalue weighted by Gasteiger charge is 2.41.